The first-order valence-electron chi connectivity index (χ1n) is 3.67. The second-order valence-electron chi connectivity index (χ2n) is 2.82. The lowest BCUT2D eigenvalue weighted by molar-refractivity contribution is 0.231. The van der Waals surface area contributed by atoms with Gasteiger partial charge in [-0.1, -0.05) is 11.6 Å². The topological polar surface area (TPSA) is 20.2 Å². The van der Waals surface area contributed by atoms with Crippen molar-refractivity contribution < 1.29 is 5.11 Å². The van der Waals surface area contributed by atoms with Crippen LogP contribution < -0.4 is 0 Å². The molecule has 1 rings (SSSR count). The third-order valence-electron chi connectivity index (χ3n) is 1.40. The maximum atomic E-state index is 9.69. The number of thiophene rings is 1. The van der Waals surface area contributed by atoms with Crippen molar-refractivity contribution in [1.82, 2.24) is 0 Å². The fourth-order valence-electron chi connectivity index (χ4n) is 0.908. The summed E-state index contributed by atoms with van der Waals surface area (Å²) in [7, 11) is 0. The van der Waals surface area contributed by atoms with Gasteiger partial charge in [0.2, 0.25) is 0 Å². The largest absolute Gasteiger partial charge is 0.383 e. The molecule has 0 fully saturated rings. The third kappa shape index (κ3) is 2.57. The summed E-state index contributed by atoms with van der Waals surface area (Å²) in [6.07, 6.45) is 1.44. The van der Waals surface area contributed by atoms with Crippen LogP contribution in [0.25, 0.3) is 0 Å². The summed E-state index contributed by atoms with van der Waals surface area (Å²) in [5, 5.41) is 11.7. The molecule has 1 nitrogen and oxygen atoms in total. The van der Waals surface area contributed by atoms with E-state index in [4.69, 9.17) is 0 Å². The molecule has 0 aliphatic rings. The molecule has 1 atom stereocenters. The molecule has 0 saturated carbocycles. The van der Waals surface area contributed by atoms with E-state index in [1.807, 2.05) is 31.4 Å². The van der Waals surface area contributed by atoms with Crippen molar-refractivity contribution in [2.24, 2.45) is 0 Å². The highest BCUT2D eigenvalue weighted by molar-refractivity contribution is 14.1. The van der Waals surface area contributed by atoms with E-state index in [0.717, 1.165) is 14.0 Å². The predicted octanol–water partition coefficient (Wildman–Crippen LogP) is 3.35. The number of aliphatic hydroxyl groups excluding tert-OH is 1. The van der Waals surface area contributed by atoms with E-state index in [0.29, 0.717) is 0 Å². The number of hydrogen-bond acceptors (Lipinski definition) is 2. The van der Waals surface area contributed by atoms with Crippen LogP contribution >= 0.6 is 33.9 Å². The van der Waals surface area contributed by atoms with Gasteiger partial charge in [0.15, 0.2) is 0 Å². The summed E-state index contributed by atoms with van der Waals surface area (Å²) in [5.41, 5.74) is 1.15. The van der Waals surface area contributed by atoms with Crippen molar-refractivity contribution in [2.45, 2.75) is 20.0 Å². The van der Waals surface area contributed by atoms with Crippen molar-refractivity contribution in [2.75, 3.05) is 0 Å². The van der Waals surface area contributed by atoms with Crippen LogP contribution in [-0.4, -0.2) is 5.11 Å². The molecule has 0 radical (unpaired) electrons. The van der Waals surface area contributed by atoms with Crippen molar-refractivity contribution >= 4 is 33.9 Å². The molecule has 12 heavy (non-hydrogen) atoms. The molecule has 0 spiro atoms. The normalized spacial score (nSPS) is 12.7. The van der Waals surface area contributed by atoms with Gasteiger partial charge in [0, 0.05) is 3.57 Å². The van der Waals surface area contributed by atoms with Gasteiger partial charge in [-0.15, -0.1) is 11.3 Å². The Morgan fingerprint density at radius 1 is 1.67 bits per heavy atom. The lowest BCUT2D eigenvalue weighted by Crippen LogP contribution is -1.91. The zero-order valence-corrected chi connectivity index (χ0v) is 10.0. The molecule has 1 heterocycles. The summed E-state index contributed by atoms with van der Waals surface area (Å²) < 4.78 is 1.14. The van der Waals surface area contributed by atoms with E-state index >= 15 is 0 Å². The molecule has 1 aromatic rings. The second kappa shape index (κ2) is 4.39. The Morgan fingerprint density at radius 2 is 2.33 bits per heavy atom. The van der Waals surface area contributed by atoms with Crippen LogP contribution in [0.2, 0.25) is 0 Å². The first-order valence-corrected chi connectivity index (χ1v) is 5.63. The highest BCUT2D eigenvalue weighted by atomic mass is 127. The Morgan fingerprint density at radius 3 is 2.75 bits per heavy atom. The van der Waals surface area contributed by atoms with Crippen molar-refractivity contribution in [1.29, 1.82) is 0 Å². The van der Waals surface area contributed by atoms with Crippen LogP contribution in [0.5, 0.6) is 0 Å². The van der Waals surface area contributed by atoms with E-state index in [1.54, 1.807) is 11.3 Å². The van der Waals surface area contributed by atoms with Gasteiger partial charge in [0.25, 0.3) is 0 Å². The van der Waals surface area contributed by atoms with Crippen molar-refractivity contribution in [3.63, 3.8) is 0 Å². The second-order valence-corrected chi connectivity index (χ2v) is 4.93. The summed E-state index contributed by atoms with van der Waals surface area (Å²) in [4.78, 5) is 1.04. The van der Waals surface area contributed by atoms with Gasteiger partial charge in [-0.3, -0.25) is 0 Å². The van der Waals surface area contributed by atoms with Crippen LogP contribution in [0.1, 0.15) is 24.8 Å². The first-order chi connectivity index (χ1) is 5.61. The Balaban J connectivity index is 2.85. The molecule has 0 saturated heterocycles. The highest BCUT2D eigenvalue weighted by Crippen LogP contribution is 2.27. The molecule has 66 valence electrons. The minimum absolute atomic E-state index is 0.429. The molecule has 1 unspecified atom stereocenters. The number of aliphatic hydroxyl groups is 1. The lowest BCUT2D eigenvalue weighted by Gasteiger charge is -2.03. The van der Waals surface area contributed by atoms with Crippen molar-refractivity contribution in [3.05, 3.63) is 31.5 Å². The Kier molecular flexibility index (Phi) is 3.74. The molecular formula is C9H11IOS. The van der Waals surface area contributed by atoms with Gasteiger partial charge >= 0.3 is 0 Å². The Hall–Kier alpha value is 0.130. The maximum Gasteiger partial charge on any atom is 0.108 e. The monoisotopic (exact) mass is 294 g/mol. The van der Waals surface area contributed by atoms with E-state index in [2.05, 4.69) is 22.6 Å². The average Bonchev–Trinajstić information content (AvgIpc) is 2.33. The Bertz CT molecular complexity index is 286. The molecule has 0 aliphatic heterocycles. The van der Waals surface area contributed by atoms with Gasteiger partial charge in [-0.25, -0.2) is 0 Å². The number of hydrogen-bond donors (Lipinski definition) is 1. The minimum atomic E-state index is -0.429. The fraction of sp³-hybridized carbons (Fsp3) is 0.333. The number of halogens is 1. The molecule has 0 bridgehead atoms. The molecule has 0 aromatic carbocycles. The third-order valence-corrected chi connectivity index (χ3v) is 3.70. The summed E-state index contributed by atoms with van der Waals surface area (Å²) in [5.74, 6) is 0. The van der Waals surface area contributed by atoms with E-state index in [-0.39, 0.29) is 0 Å². The molecule has 3 heteroatoms. The fourth-order valence-corrected chi connectivity index (χ4v) is 2.77. The van der Waals surface area contributed by atoms with Gasteiger partial charge in [-0.2, -0.15) is 0 Å². The molecule has 1 aromatic heterocycles. The zero-order chi connectivity index (χ0) is 9.14. The van der Waals surface area contributed by atoms with Crippen LogP contribution in [0.4, 0.5) is 0 Å². The van der Waals surface area contributed by atoms with Crippen LogP contribution in [0, 0.1) is 3.57 Å². The predicted molar refractivity (Wildman–Crippen MR) is 61.4 cm³/mol. The minimum Gasteiger partial charge on any atom is -0.383 e. The SMILES string of the molecule is CC(C)=CC(O)c1sccc1I. The summed E-state index contributed by atoms with van der Waals surface area (Å²) in [6, 6.07) is 2.02. The van der Waals surface area contributed by atoms with Crippen LogP contribution in [0.15, 0.2) is 23.1 Å². The van der Waals surface area contributed by atoms with Gasteiger partial charge in [0.1, 0.15) is 6.10 Å². The van der Waals surface area contributed by atoms with Gasteiger partial charge < -0.3 is 5.11 Å². The summed E-state index contributed by atoms with van der Waals surface area (Å²) in [6.45, 7) is 3.98. The lowest BCUT2D eigenvalue weighted by atomic mass is 10.2. The van der Waals surface area contributed by atoms with E-state index < -0.39 is 6.10 Å². The molecule has 0 aliphatic carbocycles. The number of allylic oxidation sites excluding steroid dienone is 1. The Labute approximate surface area is 90.3 Å². The summed E-state index contributed by atoms with van der Waals surface area (Å²) >= 11 is 3.84. The maximum absolute atomic E-state index is 9.69. The van der Waals surface area contributed by atoms with Crippen molar-refractivity contribution in [3.8, 4) is 0 Å². The van der Waals surface area contributed by atoms with Gasteiger partial charge in [0.05, 0.1) is 4.88 Å². The molecule has 1 N–H and O–H groups in total. The number of rotatable bonds is 2. The quantitative estimate of drug-likeness (QED) is 0.655. The van der Waals surface area contributed by atoms with E-state index in [9.17, 15) is 5.11 Å². The smallest absolute Gasteiger partial charge is 0.108 e. The zero-order valence-electron chi connectivity index (χ0n) is 7.04. The molecular weight excluding hydrogens is 283 g/mol. The standard InChI is InChI=1S/C9H11IOS/c1-6(2)5-8(11)9-7(10)3-4-12-9/h3-5,8,11H,1-2H3. The van der Waals surface area contributed by atoms with E-state index in [1.165, 1.54) is 0 Å². The van der Waals surface area contributed by atoms with Crippen LogP contribution in [0.3, 0.4) is 0 Å². The highest BCUT2D eigenvalue weighted by Gasteiger charge is 2.08. The van der Waals surface area contributed by atoms with Gasteiger partial charge in [-0.05, 0) is 47.9 Å². The first kappa shape index (κ1) is 10.2. The molecule has 0 amide bonds. The van der Waals surface area contributed by atoms with Crippen LogP contribution in [-0.2, 0) is 0 Å². The average molecular weight is 294 g/mol.